The number of aromatic nitrogens is 4. The monoisotopic (exact) mass is 427 g/mol. The second-order valence-electron chi connectivity index (χ2n) is 7.54. The third kappa shape index (κ3) is 3.32. The molecule has 5 rings (SSSR count). The first-order valence-electron chi connectivity index (χ1n) is 10.2. The minimum absolute atomic E-state index is 0.0669. The van der Waals surface area contributed by atoms with Crippen LogP contribution in [-0.2, 0) is 4.79 Å². The van der Waals surface area contributed by atoms with E-state index in [1.807, 2.05) is 29.0 Å². The fourth-order valence-electron chi connectivity index (χ4n) is 4.03. The fourth-order valence-corrected chi connectivity index (χ4v) is 4.03. The zero-order valence-electron chi connectivity index (χ0n) is 17.5. The van der Waals surface area contributed by atoms with Crippen LogP contribution in [0.15, 0.2) is 47.8 Å². The Bertz CT molecular complexity index is 1420. The summed E-state index contributed by atoms with van der Waals surface area (Å²) in [6.07, 6.45) is 5.56. The van der Waals surface area contributed by atoms with Gasteiger partial charge in [0.05, 0.1) is 17.0 Å². The molecule has 3 N–H and O–H groups in total. The summed E-state index contributed by atoms with van der Waals surface area (Å²) in [5.41, 5.74) is 9.85. The van der Waals surface area contributed by atoms with Crippen molar-refractivity contribution in [3.05, 3.63) is 54.5 Å². The van der Waals surface area contributed by atoms with Gasteiger partial charge in [-0.25, -0.2) is 9.97 Å². The summed E-state index contributed by atoms with van der Waals surface area (Å²) in [5, 5.41) is 3.61. The highest BCUT2D eigenvalue weighted by atomic mass is 16.4. The van der Waals surface area contributed by atoms with Crippen molar-refractivity contribution in [3.63, 3.8) is 0 Å². The van der Waals surface area contributed by atoms with Crippen LogP contribution in [0.4, 0.5) is 11.8 Å². The molecule has 1 amide bonds. The van der Waals surface area contributed by atoms with Crippen molar-refractivity contribution in [1.29, 1.82) is 0 Å². The highest BCUT2D eigenvalue weighted by molar-refractivity contribution is 5.92. The Morgan fingerprint density at radius 1 is 1.38 bits per heavy atom. The maximum absolute atomic E-state index is 12.0. The second-order valence-corrected chi connectivity index (χ2v) is 7.54. The van der Waals surface area contributed by atoms with Crippen molar-refractivity contribution < 1.29 is 9.21 Å². The highest BCUT2D eigenvalue weighted by Crippen LogP contribution is 2.30. The van der Waals surface area contributed by atoms with Gasteiger partial charge in [0.2, 0.25) is 5.91 Å². The Labute approximate surface area is 183 Å². The number of anilines is 2. The van der Waals surface area contributed by atoms with Crippen LogP contribution >= 0.6 is 0 Å². The Morgan fingerprint density at radius 2 is 2.25 bits per heavy atom. The molecule has 1 aliphatic heterocycles. The number of carbonyl (C=O) groups is 1. The van der Waals surface area contributed by atoms with Crippen molar-refractivity contribution in [3.8, 4) is 11.8 Å². The van der Waals surface area contributed by atoms with Crippen LogP contribution in [0.25, 0.3) is 22.1 Å². The normalized spacial score (nSPS) is 15.7. The van der Waals surface area contributed by atoms with E-state index in [1.165, 1.54) is 12.4 Å². The molecule has 1 atom stereocenters. The minimum atomic E-state index is -0.0669. The molecular formula is C23H21N7O2. The number of oxazole rings is 1. The zero-order valence-corrected chi connectivity index (χ0v) is 17.5. The summed E-state index contributed by atoms with van der Waals surface area (Å²) in [6, 6.07) is 6.14. The van der Waals surface area contributed by atoms with Crippen LogP contribution in [0.2, 0.25) is 0 Å². The van der Waals surface area contributed by atoms with Crippen LogP contribution in [0.1, 0.15) is 23.6 Å². The molecule has 0 radical (unpaired) electrons. The molecule has 0 unspecified atom stereocenters. The highest BCUT2D eigenvalue weighted by Gasteiger charge is 2.28. The lowest BCUT2D eigenvalue weighted by atomic mass is 10.2. The van der Waals surface area contributed by atoms with Crippen molar-refractivity contribution in [2.45, 2.75) is 12.5 Å². The Morgan fingerprint density at radius 3 is 3.06 bits per heavy atom. The maximum atomic E-state index is 12.0. The lowest BCUT2D eigenvalue weighted by Gasteiger charge is -2.15. The molecule has 1 aliphatic rings. The van der Waals surface area contributed by atoms with E-state index in [2.05, 4.69) is 38.7 Å². The average molecular weight is 427 g/mol. The van der Waals surface area contributed by atoms with Gasteiger partial charge in [-0.2, -0.15) is 4.98 Å². The third-order valence-electron chi connectivity index (χ3n) is 5.62. The summed E-state index contributed by atoms with van der Waals surface area (Å²) in [7, 11) is 1.75. The molecular weight excluding hydrogens is 406 g/mol. The van der Waals surface area contributed by atoms with Gasteiger partial charge in [-0.05, 0) is 30.7 Å². The number of benzene rings is 1. The maximum Gasteiger partial charge on any atom is 0.295 e. The van der Waals surface area contributed by atoms with Gasteiger partial charge in [0.25, 0.3) is 6.01 Å². The van der Waals surface area contributed by atoms with E-state index in [4.69, 9.17) is 10.2 Å². The van der Waals surface area contributed by atoms with E-state index in [1.54, 1.807) is 11.9 Å². The lowest BCUT2D eigenvalue weighted by molar-refractivity contribution is -0.125. The number of rotatable bonds is 3. The predicted molar refractivity (Wildman–Crippen MR) is 122 cm³/mol. The minimum Gasteiger partial charge on any atom is -0.424 e. The van der Waals surface area contributed by atoms with Crippen LogP contribution in [0, 0.1) is 11.8 Å². The number of hydrogen-bond acceptors (Lipinski definition) is 7. The van der Waals surface area contributed by atoms with Gasteiger partial charge in [0, 0.05) is 31.9 Å². The molecule has 3 aromatic heterocycles. The number of fused-ring (bicyclic) bond motifs is 2. The fraction of sp³-hybridized carbons (Fsp3) is 0.217. The van der Waals surface area contributed by atoms with Gasteiger partial charge in [-0.15, -0.1) is 0 Å². The second kappa shape index (κ2) is 7.74. The molecule has 1 fully saturated rings. The van der Waals surface area contributed by atoms with Gasteiger partial charge in [-0.3, -0.25) is 4.79 Å². The number of amides is 1. The van der Waals surface area contributed by atoms with Crippen molar-refractivity contribution in [2.24, 2.45) is 0 Å². The molecule has 4 heterocycles. The first-order chi connectivity index (χ1) is 15.6. The molecule has 9 heteroatoms. The summed E-state index contributed by atoms with van der Waals surface area (Å²) in [4.78, 5) is 26.8. The predicted octanol–water partition coefficient (Wildman–Crippen LogP) is 2.56. The number of nitrogen functional groups attached to an aromatic ring is 1. The smallest absolute Gasteiger partial charge is 0.295 e. The van der Waals surface area contributed by atoms with E-state index in [-0.39, 0.29) is 11.9 Å². The lowest BCUT2D eigenvalue weighted by Crippen LogP contribution is -2.27. The molecule has 160 valence electrons. The topological polar surface area (TPSA) is 115 Å². The first-order valence-corrected chi connectivity index (χ1v) is 10.2. The zero-order chi connectivity index (χ0) is 22.2. The summed E-state index contributed by atoms with van der Waals surface area (Å²) < 4.78 is 7.61. The third-order valence-corrected chi connectivity index (χ3v) is 5.62. The van der Waals surface area contributed by atoms with E-state index in [9.17, 15) is 4.79 Å². The number of nitrogens with zero attached hydrogens (tertiary/aromatic N) is 5. The molecule has 1 aromatic carbocycles. The first kappa shape index (κ1) is 19.6. The van der Waals surface area contributed by atoms with Crippen molar-refractivity contribution in [2.75, 3.05) is 31.2 Å². The molecule has 0 bridgehead atoms. The SMILES string of the molecule is C=CC(=O)N1CC[C@H](n2cc(C#Cc3ccc4oc(NC)nc4c3)c3c(N)ncnc32)C1. The molecule has 1 saturated heterocycles. The van der Waals surface area contributed by atoms with E-state index in [0.717, 1.165) is 23.1 Å². The van der Waals surface area contributed by atoms with Crippen LogP contribution < -0.4 is 11.1 Å². The van der Waals surface area contributed by atoms with Gasteiger partial charge in [0.1, 0.15) is 23.3 Å². The Hall–Kier alpha value is -4.32. The van der Waals surface area contributed by atoms with Gasteiger partial charge >= 0.3 is 0 Å². The Kier molecular flexibility index (Phi) is 4.75. The summed E-state index contributed by atoms with van der Waals surface area (Å²) in [5.74, 6) is 6.71. The largest absolute Gasteiger partial charge is 0.424 e. The summed E-state index contributed by atoms with van der Waals surface area (Å²) in [6.45, 7) is 4.83. The van der Waals surface area contributed by atoms with Crippen LogP contribution in [0.5, 0.6) is 0 Å². The van der Waals surface area contributed by atoms with Crippen molar-refractivity contribution >= 4 is 39.9 Å². The van der Waals surface area contributed by atoms with E-state index in [0.29, 0.717) is 41.5 Å². The molecule has 32 heavy (non-hydrogen) atoms. The van der Waals surface area contributed by atoms with E-state index < -0.39 is 0 Å². The average Bonchev–Trinajstić information content (AvgIpc) is 3.53. The number of nitrogens with two attached hydrogens (primary N) is 1. The molecule has 9 nitrogen and oxygen atoms in total. The number of likely N-dealkylation sites (tertiary alicyclic amines) is 1. The van der Waals surface area contributed by atoms with Gasteiger partial charge in [-0.1, -0.05) is 18.4 Å². The molecule has 0 saturated carbocycles. The quantitative estimate of drug-likeness (QED) is 0.381. The number of nitrogens with one attached hydrogen (secondary N) is 1. The van der Waals surface area contributed by atoms with Crippen LogP contribution in [0.3, 0.4) is 0 Å². The molecule has 4 aromatic rings. The van der Waals surface area contributed by atoms with Crippen LogP contribution in [-0.4, -0.2) is 50.5 Å². The number of hydrogen-bond donors (Lipinski definition) is 2. The van der Waals surface area contributed by atoms with Gasteiger partial charge < -0.3 is 24.9 Å². The summed E-state index contributed by atoms with van der Waals surface area (Å²) >= 11 is 0. The van der Waals surface area contributed by atoms with Gasteiger partial charge in [0.15, 0.2) is 5.58 Å². The standard InChI is InChI=1S/C23H21N7O2/c1-3-19(31)29-9-8-16(12-29)30-11-15(20-21(24)26-13-27-22(20)30)6-4-14-5-7-18-17(10-14)28-23(25-2)32-18/h3,5,7,10-11,13,16H,1,8-9,12H2,2H3,(H,25,28)(H2,24,26,27)/t16-/m0/s1. The molecule has 0 aliphatic carbocycles. The Balaban J connectivity index is 1.53. The van der Waals surface area contributed by atoms with E-state index >= 15 is 0 Å². The molecule has 0 spiro atoms. The van der Waals surface area contributed by atoms with Crippen molar-refractivity contribution in [1.82, 2.24) is 24.4 Å². The number of carbonyl (C=O) groups excluding carboxylic acids is 1.